The molecule has 0 spiro atoms. The minimum atomic E-state index is -4.66. The van der Waals surface area contributed by atoms with Crippen molar-refractivity contribution in [1.29, 1.82) is 0 Å². The summed E-state index contributed by atoms with van der Waals surface area (Å²) in [6.07, 6.45) is -3.45. The van der Waals surface area contributed by atoms with Crippen LogP contribution in [0.3, 0.4) is 0 Å². The molecule has 0 atom stereocenters. The zero-order chi connectivity index (χ0) is 20.8. The summed E-state index contributed by atoms with van der Waals surface area (Å²) >= 11 is 0. The van der Waals surface area contributed by atoms with Gasteiger partial charge in [0, 0.05) is 0 Å². The van der Waals surface area contributed by atoms with E-state index in [2.05, 4.69) is 0 Å². The van der Waals surface area contributed by atoms with Crippen LogP contribution in [0.1, 0.15) is 11.1 Å². The highest BCUT2D eigenvalue weighted by molar-refractivity contribution is 6.39. The number of carbonyl (C=O) groups is 3. The second-order valence-electron chi connectivity index (χ2n) is 6.12. The summed E-state index contributed by atoms with van der Waals surface area (Å²) in [6.45, 7) is 0.0343. The molecule has 1 N–H and O–H groups in total. The van der Waals surface area contributed by atoms with Gasteiger partial charge in [-0.2, -0.15) is 13.2 Å². The Kier molecular flexibility index (Phi) is 4.26. The number of amides is 4. The molecular formula is C19H11F3N2O5. The zero-order valence-corrected chi connectivity index (χ0v) is 14.4. The summed E-state index contributed by atoms with van der Waals surface area (Å²) in [5, 5.41) is 1.96. The smallest absolute Gasteiger partial charge is 0.416 e. The molecular weight excluding hydrogens is 393 g/mol. The monoisotopic (exact) mass is 404 g/mol. The van der Waals surface area contributed by atoms with Gasteiger partial charge in [-0.25, -0.2) is 9.69 Å². The highest BCUT2D eigenvalue weighted by atomic mass is 19.4. The minimum absolute atomic E-state index is 0.0343. The molecule has 10 heteroatoms. The van der Waals surface area contributed by atoms with Crippen LogP contribution < -0.4 is 19.7 Å². The Morgan fingerprint density at radius 1 is 1.00 bits per heavy atom. The summed E-state index contributed by atoms with van der Waals surface area (Å²) in [6, 6.07) is 7.23. The molecule has 2 heterocycles. The predicted molar refractivity (Wildman–Crippen MR) is 93.0 cm³/mol. The largest absolute Gasteiger partial charge is 0.454 e. The van der Waals surface area contributed by atoms with Crippen molar-refractivity contribution in [3.63, 3.8) is 0 Å². The number of fused-ring (bicyclic) bond motifs is 1. The molecule has 2 aromatic rings. The lowest BCUT2D eigenvalue weighted by Crippen LogP contribution is -2.54. The maximum absolute atomic E-state index is 13.0. The summed E-state index contributed by atoms with van der Waals surface area (Å²) in [7, 11) is 0. The van der Waals surface area contributed by atoms with Gasteiger partial charge in [-0.3, -0.25) is 14.9 Å². The third-order valence-corrected chi connectivity index (χ3v) is 4.24. The molecule has 1 saturated heterocycles. The van der Waals surface area contributed by atoms with E-state index in [-0.39, 0.29) is 12.5 Å². The van der Waals surface area contributed by atoms with E-state index in [1.807, 2.05) is 5.32 Å². The number of carbonyl (C=O) groups excluding carboxylic acids is 3. The molecule has 0 aliphatic carbocycles. The number of alkyl halides is 3. The molecule has 4 amide bonds. The van der Waals surface area contributed by atoms with Crippen molar-refractivity contribution in [1.82, 2.24) is 5.32 Å². The molecule has 0 radical (unpaired) electrons. The van der Waals surface area contributed by atoms with Crippen LogP contribution in [0.5, 0.6) is 11.5 Å². The van der Waals surface area contributed by atoms with Crippen molar-refractivity contribution in [2.24, 2.45) is 0 Å². The number of barbiturate groups is 1. The topological polar surface area (TPSA) is 84.9 Å². The highest BCUT2D eigenvalue weighted by Gasteiger charge is 2.38. The number of nitrogens with zero attached hydrogens (tertiary/aromatic N) is 1. The van der Waals surface area contributed by atoms with E-state index in [0.29, 0.717) is 28.0 Å². The van der Waals surface area contributed by atoms with Crippen molar-refractivity contribution in [2.75, 3.05) is 11.7 Å². The second-order valence-corrected chi connectivity index (χ2v) is 6.12. The van der Waals surface area contributed by atoms with Gasteiger partial charge in [0.2, 0.25) is 6.79 Å². The van der Waals surface area contributed by atoms with Gasteiger partial charge in [0.25, 0.3) is 11.8 Å². The van der Waals surface area contributed by atoms with Gasteiger partial charge in [-0.05, 0) is 42.0 Å². The van der Waals surface area contributed by atoms with Crippen LogP contribution >= 0.6 is 0 Å². The van der Waals surface area contributed by atoms with Crippen molar-refractivity contribution >= 4 is 29.6 Å². The number of ether oxygens (including phenoxy) is 2. The molecule has 0 saturated carbocycles. The van der Waals surface area contributed by atoms with Crippen LogP contribution in [-0.4, -0.2) is 24.6 Å². The molecule has 148 valence electrons. The fourth-order valence-corrected chi connectivity index (χ4v) is 2.88. The maximum atomic E-state index is 13.0. The molecule has 4 rings (SSSR count). The van der Waals surface area contributed by atoms with E-state index in [9.17, 15) is 27.6 Å². The molecule has 2 aromatic carbocycles. The summed E-state index contributed by atoms with van der Waals surface area (Å²) in [5.41, 5.74) is -1.35. The van der Waals surface area contributed by atoms with Gasteiger partial charge in [0.1, 0.15) is 5.57 Å². The SMILES string of the molecule is O=C1NC(=O)N(c2cccc(C(F)(F)F)c2)C(=O)C1=Cc1ccc2c(c1)OCO2. The number of benzene rings is 2. The summed E-state index contributed by atoms with van der Waals surface area (Å²) in [5.74, 6) is -1.10. The molecule has 7 nitrogen and oxygen atoms in total. The first-order valence-electron chi connectivity index (χ1n) is 8.22. The van der Waals surface area contributed by atoms with Gasteiger partial charge >= 0.3 is 12.2 Å². The number of imide groups is 2. The molecule has 2 aliphatic rings. The standard InChI is InChI=1S/C19H11F3N2O5/c20-19(21,22)11-2-1-3-12(8-11)24-17(26)13(16(25)23-18(24)27)6-10-4-5-14-15(7-10)29-9-28-14/h1-8H,9H2,(H,23,25,27). The highest BCUT2D eigenvalue weighted by Crippen LogP contribution is 2.34. The van der Waals surface area contributed by atoms with E-state index >= 15 is 0 Å². The van der Waals surface area contributed by atoms with E-state index < -0.39 is 35.2 Å². The van der Waals surface area contributed by atoms with Crippen LogP contribution in [-0.2, 0) is 15.8 Å². The van der Waals surface area contributed by atoms with Crippen LogP contribution in [0.25, 0.3) is 6.08 Å². The fourth-order valence-electron chi connectivity index (χ4n) is 2.88. The van der Waals surface area contributed by atoms with Gasteiger partial charge in [0.05, 0.1) is 11.3 Å². The van der Waals surface area contributed by atoms with E-state index in [0.717, 1.165) is 12.1 Å². The predicted octanol–water partition coefficient (Wildman–Crippen LogP) is 3.10. The summed E-state index contributed by atoms with van der Waals surface area (Å²) < 4.78 is 49.3. The number of urea groups is 1. The number of halogens is 3. The van der Waals surface area contributed by atoms with Crippen molar-refractivity contribution in [2.45, 2.75) is 6.18 Å². The number of hydrogen-bond acceptors (Lipinski definition) is 5. The van der Waals surface area contributed by atoms with Crippen LogP contribution in [0, 0.1) is 0 Å². The first-order chi connectivity index (χ1) is 13.7. The van der Waals surface area contributed by atoms with E-state index in [4.69, 9.17) is 9.47 Å². The molecule has 1 fully saturated rings. The average molecular weight is 404 g/mol. The lowest BCUT2D eigenvalue weighted by molar-refractivity contribution is -0.137. The number of rotatable bonds is 2. The van der Waals surface area contributed by atoms with Crippen molar-refractivity contribution in [3.05, 3.63) is 59.2 Å². The van der Waals surface area contributed by atoms with Crippen LogP contribution in [0.4, 0.5) is 23.7 Å². The maximum Gasteiger partial charge on any atom is 0.416 e. The lowest BCUT2D eigenvalue weighted by Gasteiger charge is -2.26. The third-order valence-electron chi connectivity index (χ3n) is 4.24. The number of hydrogen-bond donors (Lipinski definition) is 1. The Morgan fingerprint density at radius 3 is 2.52 bits per heavy atom. The van der Waals surface area contributed by atoms with Gasteiger partial charge in [0.15, 0.2) is 11.5 Å². The fraction of sp³-hybridized carbons (Fsp3) is 0.105. The second kappa shape index (κ2) is 6.66. The van der Waals surface area contributed by atoms with Crippen LogP contribution in [0.15, 0.2) is 48.0 Å². The minimum Gasteiger partial charge on any atom is -0.454 e. The molecule has 29 heavy (non-hydrogen) atoms. The quantitative estimate of drug-likeness (QED) is 0.614. The first-order valence-corrected chi connectivity index (χ1v) is 8.22. The molecule has 0 bridgehead atoms. The number of nitrogens with one attached hydrogen (secondary N) is 1. The normalized spacial score (nSPS) is 17.7. The van der Waals surface area contributed by atoms with Crippen LogP contribution in [0.2, 0.25) is 0 Å². The average Bonchev–Trinajstić information content (AvgIpc) is 3.12. The third kappa shape index (κ3) is 3.40. The zero-order valence-electron chi connectivity index (χ0n) is 14.4. The molecule has 0 aromatic heterocycles. The Labute approximate surface area is 161 Å². The Bertz CT molecular complexity index is 1080. The number of anilines is 1. The Morgan fingerprint density at radius 2 is 1.76 bits per heavy atom. The Balaban J connectivity index is 1.71. The first kappa shape index (κ1) is 18.5. The summed E-state index contributed by atoms with van der Waals surface area (Å²) in [4.78, 5) is 37.6. The van der Waals surface area contributed by atoms with Crippen molar-refractivity contribution in [3.8, 4) is 11.5 Å². The lowest BCUT2D eigenvalue weighted by atomic mass is 10.1. The van der Waals surface area contributed by atoms with E-state index in [1.165, 1.54) is 18.2 Å². The van der Waals surface area contributed by atoms with Gasteiger partial charge in [-0.15, -0.1) is 0 Å². The Hall–Kier alpha value is -3.82. The molecule has 2 aliphatic heterocycles. The molecule has 0 unspecified atom stereocenters. The van der Waals surface area contributed by atoms with E-state index in [1.54, 1.807) is 12.1 Å². The van der Waals surface area contributed by atoms with Gasteiger partial charge < -0.3 is 9.47 Å². The van der Waals surface area contributed by atoms with Gasteiger partial charge in [-0.1, -0.05) is 12.1 Å². The van der Waals surface area contributed by atoms with Crippen molar-refractivity contribution < 1.29 is 37.0 Å².